The van der Waals surface area contributed by atoms with Crippen LogP contribution >= 0.6 is 0 Å². The molecule has 1 heterocycles. The van der Waals surface area contributed by atoms with Gasteiger partial charge < -0.3 is 10.2 Å². The van der Waals surface area contributed by atoms with Crippen molar-refractivity contribution < 1.29 is 4.79 Å². The number of nitrogens with one attached hydrogen (secondary N) is 1. The van der Waals surface area contributed by atoms with Crippen LogP contribution in [0.1, 0.15) is 6.42 Å². The average molecular weight is 196 g/mol. The van der Waals surface area contributed by atoms with E-state index in [0.717, 1.165) is 13.0 Å². The van der Waals surface area contributed by atoms with Gasteiger partial charge in [0.05, 0.1) is 0 Å². The second kappa shape index (κ2) is 5.26. The number of urea groups is 1. The molecule has 0 fully saturated rings. The molecule has 5 nitrogen and oxygen atoms in total. The number of aryl methyl sites for hydroxylation is 1. The zero-order valence-electron chi connectivity index (χ0n) is 8.60. The molecule has 2 amide bonds. The highest BCUT2D eigenvalue weighted by Crippen LogP contribution is 1.88. The third-order valence-electron chi connectivity index (χ3n) is 1.81. The lowest BCUT2D eigenvalue weighted by Gasteiger charge is -2.11. The number of rotatable bonds is 4. The highest BCUT2D eigenvalue weighted by atomic mass is 16.2. The van der Waals surface area contributed by atoms with Crippen LogP contribution in [0, 0.1) is 0 Å². The maximum atomic E-state index is 11.1. The van der Waals surface area contributed by atoms with Crippen molar-refractivity contribution in [3.63, 3.8) is 0 Å². The molecule has 78 valence electrons. The quantitative estimate of drug-likeness (QED) is 0.715. The Balaban J connectivity index is 2.08. The molecule has 0 unspecified atom stereocenters. The predicted molar refractivity (Wildman–Crippen MR) is 53.9 cm³/mol. The molecule has 0 radical (unpaired) electrons. The molecule has 0 bridgehead atoms. The lowest BCUT2D eigenvalue weighted by Crippen LogP contribution is -2.35. The smallest absolute Gasteiger partial charge is 0.316 e. The number of amides is 2. The van der Waals surface area contributed by atoms with Crippen molar-refractivity contribution in [1.29, 1.82) is 0 Å². The molecule has 1 aromatic heterocycles. The molecular formula is C9H16N4O. The minimum atomic E-state index is -0.0505. The number of carbonyl (C=O) groups excluding carboxylic acids is 1. The van der Waals surface area contributed by atoms with Crippen molar-refractivity contribution >= 4 is 6.03 Å². The first kappa shape index (κ1) is 10.6. The number of carbonyl (C=O) groups is 1. The fraction of sp³-hybridized carbons (Fsp3) is 0.556. The van der Waals surface area contributed by atoms with Crippen molar-refractivity contribution in [3.8, 4) is 0 Å². The van der Waals surface area contributed by atoms with E-state index >= 15 is 0 Å². The van der Waals surface area contributed by atoms with Gasteiger partial charge in [0.2, 0.25) is 0 Å². The van der Waals surface area contributed by atoms with Gasteiger partial charge in [-0.2, -0.15) is 5.10 Å². The maximum absolute atomic E-state index is 11.1. The standard InChI is InChI=1S/C9H16N4O/c1-12(2)9(14)10-5-3-7-13-8-4-6-11-13/h4,6,8H,3,5,7H2,1-2H3,(H,10,14). The van der Waals surface area contributed by atoms with Crippen LogP contribution in [0.15, 0.2) is 18.5 Å². The Kier molecular flexibility index (Phi) is 3.97. The molecule has 1 rings (SSSR count). The minimum absolute atomic E-state index is 0.0505. The van der Waals surface area contributed by atoms with Crippen LogP contribution in [0.4, 0.5) is 4.79 Å². The topological polar surface area (TPSA) is 50.2 Å². The van der Waals surface area contributed by atoms with Gasteiger partial charge in [-0.3, -0.25) is 4.68 Å². The first-order valence-electron chi connectivity index (χ1n) is 4.63. The van der Waals surface area contributed by atoms with Crippen LogP contribution in [0.3, 0.4) is 0 Å². The van der Waals surface area contributed by atoms with E-state index in [0.29, 0.717) is 6.54 Å². The number of nitrogens with zero attached hydrogens (tertiary/aromatic N) is 3. The summed E-state index contributed by atoms with van der Waals surface area (Å²) in [6.45, 7) is 1.51. The molecule has 0 atom stereocenters. The zero-order valence-corrected chi connectivity index (χ0v) is 8.60. The first-order valence-corrected chi connectivity index (χ1v) is 4.63. The second-order valence-electron chi connectivity index (χ2n) is 3.25. The normalized spacial score (nSPS) is 9.86. The summed E-state index contributed by atoms with van der Waals surface area (Å²) >= 11 is 0. The van der Waals surface area contributed by atoms with E-state index in [1.165, 1.54) is 4.90 Å². The maximum Gasteiger partial charge on any atom is 0.316 e. The monoisotopic (exact) mass is 196 g/mol. The van der Waals surface area contributed by atoms with Gasteiger partial charge in [0, 0.05) is 39.6 Å². The summed E-state index contributed by atoms with van der Waals surface area (Å²) < 4.78 is 1.85. The third kappa shape index (κ3) is 3.47. The van der Waals surface area contributed by atoms with E-state index in [2.05, 4.69) is 10.4 Å². The largest absolute Gasteiger partial charge is 0.338 e. The molecular weight excluding hydrogens is 180 g/mol. The van der Waals surface area contributed by atoms with E-state index in [9.17, 15) is 4.79 Å². The molecule has 5 heteroatoms. The SMILES string of the molecule is CN(C)C(=O)NCCCn1cccn1. The zero-order chi connectivity index (χ0) is 10.4. The van der Waals surface area contributed by atoms with E-state index in [1.54, 1.807) is 20.3 Å². The van der Waals surface area contributed by atoms with Gasteiger partial charge in [-0.15, -0.1) is 0 Å². The van der Waals surface area contributed by atoms with Crippen molar-refractivity contribution in [1.82, 2.24) is 20.0 Å². The third-order valence-corrected chi connectivity index (χ3v) is 1.81. The second-order valence-corrected chi connectivity index (χ2v) is 3.25. The number of hydrogen-bond acceptors (Lipinski definition) is 2. The van der Waals surface area contributed by atoms with Gasteiger partial charge in [0.15, 0.2) is 0 Å². The van der Waals surface area contributed by atoms with Crippen LogP contribution in [0.2, 0.25) is 0 Å². The Morgan fingerprint density at radius 1 is 1.57 bits per heavy atom. The lowest BCUT2D eigenvalue weighted by atomic mass is 10.4. The minimum Gasteiger partial charge on any atom is -0.338 e. The Labute approximate surface area is 83.7 Å². The Hall–Kier alpha value is -1.52. The summed E-state index contributed by atoms with van der Waals surface area (Å²) in [5.74, 6) is 0. The van der Waals surface area contributed by atoms with Crippen LogP contribution in [-0.4, -0.2) is 41.4 Å². The van der Waals surface area contributed by atoms with Gasteiger partial charge in [-0.05, 0) is 12.5 Å². The first-order chi connectivity index (χ1) is 6.70. The van der Waals surface area contributed by atoms with Gasteiger partial charge in [0.25, 0.3) is 0 Å². The summed E-state index contributed by atoms with van der Waals surface area (Å²) in [6.07, 6.45) is 4.55. The summed E-state index contributed by atoms with van der Waals surface area (Å²) in [4.78, 5) is 12.6. The molecule has 1 N–H and O–H groups in total. The molecule has 0 saturated heterocycles. The van der Waals surface area contributed by atoms with E-state index in [-0.39, 0.29) is 6.03 Å². The molecule has 14 heavy (non-hydrogen) atoms. The summed E-state index contributed by atoms with van der Waals surface area (Å²) in [7, 11) is 3.45. The van der Waals surface area contributed by atoms with Gasteiger partial charge >= 0.3 is 6.03 Å². The van der Waals surface area contributed by atoms with Gasteiger partial charge in [-0.1, -0.05) is 0 Å². The Morgan fingerprint density at radius 2 is 2.36 bits per heavy atom. The average Bonchev–Trinajstić information content (AvgIpc) is 2.64. The van der Waals surface area contributed by atoms with Crippen molar-refractivity contribution in [2.75, 3.05) is 20.6 Å². The van der Waals surface area contributed by atoms with Crippen LogP contribution in [0.5, 0.6) is 0 Å². The predicted octanol–water partition coefficient (Wildman–Crippen LogP) is 0.544. The van der Waals surface area contributed by atoms with Crippen LogP contribution < -0.4 is 5.32 Å². The van der Waals surface area contributed by atoms with E-state index in [1.807, 2.05) is 16.9 Å². The molecule has 0 aliphatic rings. The molecule has 1 aromatic rings. The highest BCUT2D eigenvalue weighted by molar-refractivity contribution is 5.73. The van der Waals surface area contributed by atoms with Gasteiger partial charge in [0.1, 0.15) is 0 Å². The van der Waals surface area contributed by atoms with Crippen LogP contribution in [-0.2, 0) is 6.54 Å². The summed E-state index contributed by atoms with van der Waals surface area (Å²) in [5.41, 5.74) is 0. The molecule has 0 aromatic carbocycles. The van der Waals surface area contributed by atoms with E-state index in [4.69, 9.17) is 0 Å². The lowest BCUT2D eigenvalue weighted by molar-refractivity contribution is 0.217. The Morgan fingerprint density at radius 3 is 2.93 bits per heavy atom. The highest BCUT2D eigenvalue weighted by Gasteiger charge is 2.00. The van der Waals surface area contributed by atoms with Crippen molar-refractivity contribution in [3.05, 3.63) is 18.5 Å². The Bertz CT molecular complexity index is 268. The fourth-order valence-electron chi connectivity index (χ4n) is 1.03. The summed E-state index contributed by atoms with van der Waals surface area (Å²) in [5, 5.41) is 6.85. The number of aromatic nitrogens is 2. The van der Waals surface area contributed by atoms with Crippen LogP contribution in [0.25, 0.3) is 0 Å². The molecule has 0 aliphatic carbocycles. The fourth-order valence-corrected chi connectivity index (χ4v) is 1.03. The van der Waals surface area contributed by atoms with Gasteiger partial charge in [-0.25, -0.2) is 4.79 Å². The molecule has 0 aliphatic heterocycles. The molecule has 0 spiro atoms. The van der Waals surface area contributed by atoms with Crippen molar-refractivity contribution in [2.24, 2.45) is 0 Å². The molecule has 0 saturated carbocycles. The summed E-state index contributed by atoms with van der Waals surface area (Å²) in [6, 6.07) is 1.84. The van der Waals surface area contributed by atoms with E-state index < -0.39 is 0 Å². The number of hydrogen-bond donors (Lipinski definition) is 1. The van der Waals surface area contributed by atoms with Crippen molar-refractivity contribution in [2.45, 2.75) is 13.0 Å².